The summed E-state index contributed by atoms with van der Waals surface area (Å²) < 4.78 is 26.9. The molecule has 1 aliphatic rings. The summed E-state index contributed by atoms with van der Waals surface area (Å²) in [5.74, 6) is -1.50. The molecule has 7 heteroatoms. The summed E-state index contributed by atoms with van der Waals surface area (Å²) in [5, 5.41) is 2.93. The van der Waals surface area contributed by atoms with E-state index in [1.54, 1.807) is 0 Å². The molecule has 1 heterocycles. The van der Waals surface area contributed by atoms with Crippen LogP contribution in [0.5, 0.6) is 0 Å². The minimum atomic E-state index is -0.592. The second kappa shape index (κ2) is 6.81. The Labute approximate surface area is 143 Å². The zero-order chi connectivity index (χ0) is 17.2. The van der Waals surface area contributed by atoms with Gasteiger partial charge in [-0.15, -0.1) is 0 Å². The third-order valence-electron chi connectivity index (χ3n) is 4.53. The quantitative estimate of drug-likeness (QED) is 0.838. The summed E-state index contributed by atoms with van der Waals surface area (Å²) in [6.07, 6.45) is 5.86. The normalized spacial score (nSPS) is 15.6. The Bertz CT molecular complexity index is 765. The van der Waals surface area contributed by atoms with Crippen molar-refractivity contribution in [2.45, 2.75) is 25.7 Å². The molecule has 3 rings (SSSR count). The van der Waals surface area contributed by atoms with Gasteiger partial charge in [-0.3, -0.25) is 4.79 Å². The van der Waals surface area contributed by atoms with E-state index in [4.69, 9.17) is 11.6 Å². The van der Waals surface area contributed by atoms with E-state index in [2.05, 4.69) is 15.3 Å². The molecule has 0 spiro atoms. The number of hydrogen-bond donors (Lipinski definition) is 1. The molecule has 1 amide bonds. The summed E-state index contributed by atoms with van der Waals surface area (Å²) >= 11 is 5.89. The molecule has 4 nitrogen and oxygen atoms in total. The van der Waals surface area contributed by atoms with Crippen molar-refractivity contribution in [1.29, 1.82) is 0 Å². The zero-order valence-corrected chi connectivity index (χ0v) is 13.6. The third kappa shape index (κ3) is 3.53. The number of rotatable bonds is 5. The predicted octanol–water partition coefficient (Wildman–Crippen LogP) is 3.55. The Kier molecular flexibility index (Phi) is 4.76. The van der Waals surface area contributed by atoms with Crippen molar-refractivity contribution in [3.8, 4) is 0 Å². The van der Waals surface area contributed by atoms with Crippen LogP contribution in [0, 0.1) is 17.0 Å². The second-order valence-corrected chi connectivity index (χ2v) is 6.53. The molecule has 1 aromatic heterocycles. The Hall–Kier alpha value is -2.08. The third-order valence-corrected chi connectivity index (χ3v) is 4.83. The lowest BCUT2D eigenvalue weighted by atomic mass is 9.65. The first kappa shape index (κ1) is 16.8. The summed E-state index contributed by atoms with van der Waals surface area (Å²) in [4.78, 5) is 19.8. The number of nitrogens with one attached hydrogen (secondary N) is 1. The molecule has 1 fully saturated rings. The minimum Gasteiger partial charge on any atom is -0.351 e. The number of halogens is 3. The SMILES string of the molecule is O=C(NCC1(Cc2ccc(F)cc2F)CCC1)c1cncnc1Cl. The fraction of sp³-hybridized carbons (Fsp3) is 0.353. The Morgan fingerprint density at radius 1 is 1.33 bits per heavy atom. The van der Waals surface area contributed by atoms with Crippen LogP contribution >= 0.6 is 11.6 Å². The molecular formula is C17H16ClF2N3O. The number of carbonyl (C=O) groups excluding carboxylic acids is 1. The van der Waals surface area contributed by atoms with Gasteiger partial charge in [-0.1, -0.05) is 24.1 Å². The number of benzene rings is 1. The molecule has 0 saturated heterocycles. The van der Waals surface area contributed by atoms with E-state index in [0.717, 1.165) is 25.3 Å². The van der Waals surface area contributed by atoms with Gasteiger partial charge < -0.3 is 5.32 Å². The maximum atomic E-state index is 13.9. The Morgan fingerprint density at radius 3 is 2.75 bits per heavy atom. The van der Waals surface area contributed by atoms with Gasteiger partial charge in [0.25, 0.3) is 5.91 Å². The van der Waals surface area contributed by atoms with Gasteiger partial charge in [-0.25, -0.2) is 18.7 Å². The van der Waals surface area contributed by atoms with Gasteiger partial charge in [0.1, 0.15) is 23.1 Å². The van der Waals surface area contributed by atoms with Crippen molar-refractivity contribution in [2.75, 3.05) is 6.54 Å². The van der Waals surface area contributed by atoms with Gasteiger partial charge in [0, 0.05) is 18.8 Å². The molecule has 24 heavy (non-hydrogen) atoms. The number of aromatic nitrogens is 2. The van der Waals surface area contributed by atoms with E-state index in [9.17, 15) is 13.6 Å². The van der Waals surface area contributed by atoms with Crippen molar-refractivity contribution < 1.29 is 13.6 Å². The Balaban J connectivity index is 1.68. The average Bonchev–Trinajstić information content (AvgIpc) is 2.52. The minimum absolute atomic E-state index is 0.0924. The summed E-state index contributed by atoms with van der Waals surface area (Å²) in [6.45, 7) is 0.397. The number of carbonyl (C=O) groups is 1. The maximum Gasteiger partial charge on any atom is 0.256 e. The number of nitrogens with zero attached hydrogens (tertiary/aromatic N) is 2. The van der Waals surface area contributed by atoms with Crippen LogP contribution in [0.2, 0.25) is 5.15 Å². The van der Waals surface area contributed by atoms with Crippen molar-refractivity contribution in [2.24, 2.45) is 5.41 Å². The maximum absolute atomic E-state index is 13.9. The first-order chi connectivity index (χ1) is 11.5. The first-order valence-electron chi connectivity index (χ1n) is 7.67. The van der Waals surface area contributed by atoms with E-state index < -0.39 is 11.6 Å². The molecule has 0 aliphatic heterocycles. The van der Waals surface area contributed by atoms with Crippen LogP contribution in [0.4, 0.5) is 8.78 Å². The van der Waals surface area contributed by atoms with E-state index in [1.807, 2.05) is 0 Å². The predicted molar refractivity (Wildman–Crippen MR) is 85.7 cm³/mol. The van der Waals surface area contributed by atoms with E-state index in [0.29, 0.717) is 18.5 Å². The van der Waals surface area contributed by atoms with Gasteiger partial charge in [-0.2, -0.15) is 0 Å². The standard InChI is InChI=1S/C17H16ClF2N3O/c18-15-13(8-21-10-23-15)16(24)22-9-17(4-1-5-17)7-11-2-3-12(19)6-14(11)20/h2-3,6,8,10H,1,4-5,7,9H2,(H,22,24). The summed E-state index contributed by atoms with van der Waals surface area (Å²) in [7, 11) is 0. The van der Waals surface area contributed by atoms with E-state index >= 15 is 0 Å². The van der Waals surface area contributed by atoms with Crippen LogP contribution in [0.1, 0.15) is 35.2 Å². The van der Waals surface area contributed by atoms with Crippen LogP contribution in [-0.2, 0) is 6.42 Å². The molecule has 1 N–H and O–H groups in total. The molecule has 1 aromatic carbocycles. The Morgan fingerprint density at radius 2 is 2.12 bits per heavy atom. The van der Waals surface area contributed by atoms with Crippen LogP contribution in [0.3, 0.4) is 0 Å². The highest BCUT2D eigenvalue weighted by Gasteiger charge is 2.38. The van der Waals surface area contributed by atoms with Gasteiger partial charge >= 0.3 is 0 Å². The second-order valence-electron chi connectivity index (χ2n) is 6.18. The molecule has 0 unspecified atom stereocenters. The van der Waals surface area contributed by atoms with Gasteiger partial charge in [0.05, 0.1) is 5.56 Å². The van der Waals surface area contributed by atoms with Crippen LogP contribution in [0.25, 0.3) is 0 Å². The molecule has 1 aliphatic carbocycles. The van der Waals surface area contributed by atoms with Crippen molar-refractivity contribution in [1.82, 2.24) is 15.3 Å². The average molecular weight is 352 g/mol. The smallest absolute Gasteiger partial charge is 0.256 e. The van der Waals surface area contributed by atoms with Crippen molar-refractivity contribution >= 4 is 17.5 Å². The molecule has 0 radical (unpaired) electrons. The highest BCUT2D eigenvalue weighted by molar-refractivity contribution is 6.32. The molecule has 0 atom stereocenters. The molecule has 2 aromatic rings. The van der Waals surface area contributed by atoms with Crippen molar-refractivity contribution in [3.63, 3.8) is 0 Å². The molecule has 126 valence electrons. The van der Waals surface area contributed by atoms with Crippen molar-refractivity contribution in [3.05, 3.63) is 58.6 Å². The topological polar surface area (TPSA) is 54.9 Å². The lowest BCUT2D eigenvalue weighted by molar-refractivity contribution is 0.0857. The summed E-state index contributed by atoms with van der Waals surface area (Å²) in [6, 6.07) is 3.61. The lowest BCUT2D eigenvalue weighted by Gasteiger charge is -2.42. The van der Waals surface area contributed by atoms with Gasteiger partial charge in [0.2, 0.25) is 0 Å². The monoisotopic (exact) mass is 351 g/mol. The largest absolute Gasteiger partial charge is 0.351 e. The number of hydrogen-bond acceptors (Lipinski definition) is 3. The fourth-order valence-electron chi connectivity index (χ4n) is 2.99. The van der Waals surface area contributed by atoms with Crippen LogP contribution in [0.15, 0.2) is 30.7 Å². The van der Waals surface area contributed by atoms with E-state index in [-0.39, 0.29) is 22.0 Å². The zero-order valence-electron chi connectivity index (χ0n) is 12.9. The highest BCUT2D eigenvalue weighted by Crippen LogP contribution is 2.43. The molecule has 1 saturated carbocycles. The van der Waals surface area contributed by atoms with Gasteiger partial charge in [-0.05, 0) is 36.3 Å². The van der Waals surface area contributed by atoms with Crippen LogP contribution < -0.4 is 5.32 Å². The molecular weight excluding hydrogens is 336 g/mol. The van der Waals surface area contributed by atoms with Crippen LogP contribution in [-0.4, -0.2) is 22.4 Å². The molecule has 0 bridgehead atoms. The highest BCUT2D eigenvalue weighted by atomic mass is 35.5. The van der Waals surface area contributed by atoms with Gasteiger partial charge in [0.15, 0.2) is 0 Å². The first-order valence-corrected chi connectivity index (χ1v) is 8.05. The fourth-order valence-corrected chi connectivity index (χ4v) is 3.17. The summed E-state index contributed by atoms with van der Waals surface area (Å²) in [5.41, 5.74) is 0.462. The van der Waals surface area contributed by atoms with E-state index in [1.165, 1.54) is 24.7 Å². The lowest BCUT2D eigenvalue weighted by Crippen LogP contribution is -2.44. The number of amides is 1.